The van der Waals surface area contributed by atoms with Gasteiger partial charge in [-0.25, -0.2) is 0 Å². The molecule has 0 spiro atoms. The van der Waals surface area contributed by atoms with E-state index in [0.29, 0.717) is 11.3 Å². The van der Waals surface area contributed by atoms with Gasteiger partial charge in [0.25, 0.3) is 0 Å². The Morgan fingerprint density at radius 2 is 2.05 bits per heavy atom. The second-order valence-corrected chi connectivity index (χ2v) is 5.38. The summed E-state index contributed by atoms with van der Waals surface area (Å²) in [7, 11) is 0. The monoisotopic (exact) mass is 318 g/mol. The van der Waals surface area contributed by atoms with Gasteiger partial charge in [-0.1, -0.05) is 28.1 Å². The molecule has 0 aromatic heterocycles. The van der Waals surface area contributed by atoms with E-state index in [-0.39, 0.29) is 24.1 Å². The van der Waals surface area contributed by atoms with Crippen molar-refractivity contribution in [3.8, 4) is 11.5 Å². The first-order chi connectivity index (χ1) is 9.13. The highest BCUT2D eigenvalue weighted by Gasteiger charge is 2.27. The summed E-state index contributed by atoms with van der Waals surface area (Å²) in [6.07, 6.45) is -0.0549. The molecule has 19 heavy (non-hydrogen) atoms. The molecule has 2 aromatic rings. The number of ether oxygens (including phenoxy) is 1. The summed E-state index contributed by atoms with van der Waals surface area (Å²) in [6.45, 7) is 0. The average molecular weight is 319 g/mol. The van der Waals surface area contributed by atoms with E-state index in [9.17, 15) is 9.90 Å². The van der Waals surface area contributed by atoms with Gasteiger partial charge in [-0.3, -0.25) is 4.79 Å². The summed E-state index contributed by atoms with van der Waals surface area (Å²) in [6, 6.07) is 12.2. The van der Waals surface area contributed by atoms with Crippen LogP contribution in [0, 0.1) is 0 Å². The van der Waals surface area contributed by atoms with Gasteiger partial charge in [-0.2, -0.15) is 0 Å². The fraction of sp³-hybridized carbons (Fsp3) is 0.133. The summed E-state index contributed by atoms with van der Waals surface area (Å²) in [5.41, 5.74) is 1.41. The number of aromatic hydroxyl groups is 1. The van der Waals surface area contributed by atoms with Gasteiger partial charge >= 0.3 is 0 Å². The number of carbonyl (C=O) groups is 1. The maximum atomic E-state index is 12.1. The highest BCUT2D eigenvalue weighted by atomic mass is 79.9. The molecule has 96 valence electrons. The molecule has 1 aliphatic rings. The number of ketones is 1. The summed E-state index contributed by atoms with van der Waals surface area (Å²) in [4.78, 5) is 12.1. The van der Waals surface area contributed by atoms with Crippen molar-refractivity contribution in [1.82, 2.24) is 0 Å². The Kier molecular flexibility index (Phi) is 3.03. The molecule has 4 heteroatoms. The summed E-state index contributed by atoms with van der Waals surface area (Å²) < 4.78 is 6.71. The lowest BCUT2D eigenvalue weighted by Gasteiger charge is -2.25. The molecule has 0 amide bonds. The van der Waals surface area contributed by atoms with Crippen molar-refractivity contribution >= 4 is 21.7 Å². The molecular weight excluding hydrogens is 308 g/mol. The van der Waals surface area contributed by atoms with Crippen LogP contribution in [0.4, 0.5) is 0 Å². The third-order valence-corrected chi connectivity index (χ3v) is 3.62. The Balaban J connectivity index is 1.97. The van der Waals surface area contributed by atoms with Crippen LogP contribution in [-0.4, -0.2) is 10.9 Å². The Morgan fingerprint density at radius 1 is 1.21 bits per heavy atom. The molecule has 0 bridgehead atoms. The van der Waals surface area contributed by atoms with Crippen LogP contribution in [0.5, 0.6) is 11.5 Å². The molecule has 0 saturated carbocycles. The Morgan fingerprint density at radius 3 is 2.84 bits per heavy atom. The highest BCUT2D eigenvalue weighted by molar-refractivity contribution is 9.10. The molecule has 1 atom stereocenters. The number of fused-ring (bicyclic) bond motifs is 1. The molecule has 1 heterocycles. The normalized spacial score (nSPS) is 17.7. The van der Waals surface area contributed by atoms with E-state index < -0.39 is 0 Å². The van der Waals surface area contributed by atoms with Crippen molar-refractivity contribution in [3.63, 3.8) is 0 Å². The number of hydrogen-bond donors (Lipinski definition) is 1. The van der Waals surface area contributed by atoms with E-state index in [0.717, 1.165) is 10.0 Å². The number of hydrogen-bond acceptors (Lipinski definition) is 3. The predicted molar refractivity (Wildman–Crippen MR) is 74.6 cm³/mol. The number of phenols is 1. The van der Waals surface area contributed by atoms with Crippen LogP contribution >= 0.6 is 15.9 Å². The molecule has 1 unspecified atom stereocenters. The maximum absolute atomic E-state index is 12.1. The zero-order valence-corrected chi connectivity index (χ0v) is 11.6. The topological polar surface area (TPSA) is 46.5 Å². The van der Waals surface area contributed by atoms with Crippen LogP contribution in [0.1, 0.15) is 28.4 Å². The molecule has 2 aromatic carbocycles. The van der Waals surface area contributed by atoms with Crippen molar-refractivity contribution in [2.24, 2.45) is 0 Å². The van der Waals surface area contributed by atoms with Crippen molar-refractivity contribution in [2.75, 3.05) is 0 Å². The van der Waals surface area contributed by atoms with Gasteiger partial charge in [0, 0.05) is 4.47 Å². The molecule has 1 aliphatic heterocycles. The number of Topliss-reactive ketones (excluding diaryl/α,β-unsaturated/α-hetero) is 1. The van der Waals surface area contributed by atoms with Gasteiger partial charge in [0.05, 0.1) is 12.0 Å². The standard InChI is InChI=1S/C15H11BrO3/c16-10-4-5-14-12(7-10)13(18)8-15(19-14)9-2-1-3-11(17)6-9/h1-7,15,17H,8H2. The van der Waals surface area contributed by atoms with E-state index in [1.165, 1.54) is 0 Å². The number of halogens is 1. The Labute approximate surface area is 119 Å². The van der Waals surface area contributed by atoms with Crippen molar-refractivity contribution in [1.29, 1.82) is 0 Å². The smallest absolute Gasteiger partial charge is 0.170 e. The van der Waals surface area contributed by atoms with E-state index in [2.05, 4.69) is 15.9 Å². The van der Waals surface area contributed by atoms with Crippen LogP contribution in [0.15, 0.2) is 46.9 Å². The van der Waals surface area contributed by atoms with Gasteiger partial charge < -0.3 is 9.84 Å². The highest BCUT2D eigenvalue weighted by Crippen LogP contribution is 2.36. The van der Waals surface area contributed by atoms with Crippen LogP contribution in [0.25, 0.3) is 0 Å². The Bertz CT molecular complexity index is 652. The second-order valence-electron chi connectivity index (χ2n) is 4.47. The first-order valence-corrected chi connectivity index (χ1v) is 6.71. The lowest BCUT2D eigenvalue weighted by molar-refractivity contribution is 0.0849. The minimum Gasteiger partial charge on any atom is -0.508 e. The van der Waals surface area contributed by atoms with Crippen LogP contribution < -0.4 is 4.74 Å². The fourth-order valence-corrected chi connectivity index (χ4v) is 2.57. The van der Waals surface area contributed by atoms with E-state index in [1.54, 1.807) is 30.3 Å². The molecule has 1 N–H and O–H groups in total. The van der Waals surface area contributed by atoms with Crippen LogP contribution in [0.2, 0.25) is 0 Å². The summed E-state index contributed by atoms with van der Waals surface area (Å²) >= 11 is 3.35. The van der Waals surface area contributed by atoms with E-state index in [4.69, 9.17) is 4.74 Å². The minimum absolute atomic E-state index is 0.0518. The SMILES string of the molecule is O=C1CC(c2cccc(O)c2)Oc2ccc(Br)cc21. The van der Waals surface area contributed by atoms with E-state index >= 15 is 0 Å². The molecule has 0 saturated heterocycles. The number of phenolic OH excluding ortho intramolecular Hbond substituents is 1. The molecule has 0 aliphatic carbocycles. The average Bonchev–Trinajstić information content (AvgIpc) is 2.39. The minimum atomic E-state index is -0.340. The number of benzene rings is 2. The quantitative estimate of drug-likeness (QED) is 0.868. The van der Waals surface area contributed by atoms with Gasteiger partial charge in [-0.05, 0) is 35.9 Å². The third-order valence-electron chi connectivity index (χ3n) is 3.12. The largest absolute Gasteiger partial charge is 0.508 e. The maximum Gasteiger partial charge on any atom is 0.170 e. The predicted octanol–water partition coefficient (Wildman–Crippen LogP) is 3.86. The molecule has 0 radical (unpaired) electrons. The zero-order valence-electron chi connectivity index (χ0n) is 9.97. The van der Waals surface area contributed by atoms with Gasteiger partial charge in [-0.15, -0.1) is 0 Å². The molecule has 0 fully saturated rings. The first kappa shape index (κ1) is 12.2. The van der Waals surface area contributed by atoms with Crippen LogP contribution in [0.3, 0.4) is 0 Å². The second kappa shape index (κ2) is 4.70. The van der Waals surface area contributed by atoms with E-state index in [1.807, 2.05) is 12.1 Å². The molecular formula is C15H11BrO3. The number of rotatable bonds is 1. The van der Waals surface area contributed by atoms with Crippen molar-refractivity contribution < 1.29 is 14.6 Å². The zero-order chi connectivity index (χ0) is 13.4. The van der Waals surface area contributed by atoms with Crippen molar-refractivity contribution in [3.05, 3.63) is 58.1 Å². The number of carbonyl (C=O) groups excluding carboxylic acids is 1. The van der Waals surface area contributed by atoms with Gasteiger partial charge in [0.15, 0.2) is 5.78 Å². The first-order valence-electron chi connectivity index (χ1n) is 5.92. The Hall–Kier alpha value is -1.81. The van der Waals surface area contributed by atoms with Crippen molar-refractivity contribution in [2.45, 2.75) is 12.5 Å². The van der Waals surface area contributed by atoms with Gasteiger partial charge in [0.1, 0.15) is 17.6 Å². The fourth-order valence-electron chi connectivity index (χ4n) is 2.21. The summed E-state index contributed by atoms with van der Waals surface area (Å²) in [5.74, 6) is 0.818. The lowest BCUT2D eigenvalue weighted by Crippen LogP contribution is -2.20. The molecule has 3 nitrogen and oxygen atoms in total. The summed E-state index contributed by atoms with van der Waals surface area (Å²) in [5, 5.41) is 9.49. The third kappa shape index (κ3) is 2.36. The molecule has 3 rings (SSSR count). The van der Waals surface area contributed by atoms with Crippen LogP contribution in [-0.2, 0) is 0 Å². The van der Waals surface area contributed by atoms with Gasteiger partial charge in [0.2, 0.25) is 0 Å². The lowest BCUT2D eigenvalue weighted by atomic mass is 9.96.